The second kappa shape index (κ2) is 7.32. The molecular weight excluding hydrogens is 294 g/mol. The Hall–Kier alpha value is -2.28. The van der Waals surface area contributed by atoms with Crippen LogP contribution >= 0.6 is 0 Å². The molecule has 1 saturated heterocycles. The average Bonchev–Trinajstić information content (AvgIpc) is 3.05. The SMILES string of the molecule is CCCc1nc([C@@H]2CN(C(=O)Cc3cccnc3)CCO2)n[nH]1. The molecule has 1 N–H and O–H groups in total. The maximum absolute atomic E-state index is 12.4. The molecule has 23 heavy (non-hydrogen) atoms. The lowest BCUT2D eigenvalue weighted by Crippen LogP contribution is -2.43. The van der Waals surface area contributed by atoms with E-state index in [1.54, 1.807) is 12.4 Å². The highest BCUT2D eigenvalue weighted by Gasteiger charge is 2.28. The Kier molecular flexibility index (Phi) is 4.97. The Morgan fingerprint density at radius 2 is 2.43 bits per heavy atom. The summed E-state index contributed by atoms with van der Waals surface area (Å²) >= 11 is 0. The number of ether oxygens (including phenoxy) is 1. The lowest BCUT2D eigenvalue weighted by molar-refractivity contribution is -0.138. The maximum Gasteiger partial charge on any atom is 0.227 e. The minimum absolute atomic E-state index is 0.0793. The van der Waals surface area contributed by atoms with Crippen molar-refractivity contribution < 1.29 is 9.53 Å². The fraction of sp³-hybridized carbons (Fsp3) is 0.500. The van der Waals surface area contributed by atoms with Crippen molar-refractivity contribution in [3.63, 3.8) is 0 Å². The molecule has 122 valence electrons. The first-order chi connectivity index (χ1) is 11.3. The van der Waals surface area contributed by atoms with Crippen LogP contribution < -0.4 is 0 Å². The number of carbonyl (C=O) groups excluding carboxylic acids is 1. The molecule has 1 aliphatic rings. The van der Waals surface area contributed by atoms with Gasteiger partial charge in [0.05, 0.1) is 19.6 Å². The minimum Gasteiger partial charge on any atom is -0.366 e. The summed E-state index contributed by atoms with van der Waals surface area (Å²) < 4.78 is 5.73. The highest BCUT2D eigenvalue weighted by atomic mass is 16.5. The molecule has 2 aromatic rings. The van der Waals surface area contributed by atoms with E-state index in [4.69, 9.17) is 4.74 Å². The molecule has 1 amide bonds. The second-order valence-electron chi connectivity index (χ2n) is 5.63. The van der Waals surface area contributed by atoms with Crippen molar-refractivity contribution in [2.45, 2.75) is 32.3 Å². The van der Waals surface area contributed by atoms with Crippen LogP contribution in [0.15, 0.2) is 24.5 Å². The highest BCUT2D eigenvalue weighted by molar-refractivity contribution is 5.78. The van der Waals surface area contributed by atoms with Crippen molar-refractivity contribution >= 4 is 5.91 Å². The van der Waals surface area contributed by atoms with E-state index in [1.807, 2.05) is 17.0 Å². The lowest BCUT2D eigenvalue weighted by Gasteiger charge is -2.31. The standard InChI is InChI=1S/C16H21N5O2/c1-2-4-14-18-16(20-19-14)13-11-21(7-8-23-13)15(22)9-12-5-3-6-17-10-12/h3,5-6,10,13H,2,4,7-9,11H2,1H3,(H,18,19,20)/t13-/m0/s1. The van der Waals surface area contributed by atoms with E-state index in [2.05, 4.69) is 27.1 Å². The number of morpholine rings is 1. The number of carbonyl (C=O) groups is 1. The minimum atomic E-state index is -0.261. The van der Waals surface area contributed by atoms with Crippen LogP contribution in [0, 0.1) is 0 Å². The molecule has 7 nitrogen and oxygen atoms in total. The normalized spacial score (nSPS) is 18.1. The van der Waals surface area contributed by atoms with Crippen molar-refractivity contribution in [1.29, 1.82) is 0 Å². The summed E-state index contributed by atoms with van der Waals surface area (Å²) in [5.74, 6) is 1.58. The summed E-state index contributed by atoms with van der Waals surface area (Å²) in [6.45, 7) is 3.68. The number of aryl methyl sites for hydroxylation is 1. The molecular formula is C16H21N5O2. The smallest absolute Gasteiger partial charge is 0.227 e. The summed E-state index contributed by atoms with van der Waals surface area (Å²) in [6, 6.07) is 3.75. The Morgan fingerprint density at radius 3 is 3.22 bits per heavy atom. The van der Waals surface area contributed by atoms with Crippen LogP contribution in [0.2, 0.25) is 0 Å². The van der Waals surface area contributed by atoms with Crippen LogP contribution in [0.4, 0.5) is 0 Å². The molecule has 1 atom stereocenters. The maximum atomic E-state index is 12.4. The third-order valence-corrected chi connectivity index (χ3v) is 3.82. The van der Waals surface area contributed by atoms with Gasteiger partial charge in [0.25, 0.3) is 0 Å². The first kappa shape index (κ1) is 15.6. The van der Waals surface area contributed by atoms with Crippen LogP contribution in [-0.2, 0) is 22.4 Å². The zero-order valence-corrected chi connectivity index (χ0v) is 13.2. The number of rotatable bonds is 5. The largest absolute Gasteiger partial charge is 0.366 e. The number of hydrogen-bond donors (Lipinski definition) is 1. The topological polar surface area (TPSA) is 84.0 Å². The molecule has 0 saturated carbocycles. The number of aromatic amines is 1. The van der Waals surface area contributed by atoms with E-state index in [9.17, 15) is 4.79 Å². The molecule has 0 aromatic carbocycles. The zero-order chi connectivity index (χ0) is 16.1. The quantitative estimate of drug-likeness (QED) is 0.899. The molecule has 7 heteroatoms. The third kappa shape index (κ3) is 3.92. The summed E-state index contributed by atoms with van der Waals surface area (Å²) in [4.78, 5) is 22.8. The van der Waals surface area contributed by atoms with Gasteiger partial charge in [0, 0.05) is 25.4 Å². The van der Waals surface area contributed by atoms with Crippen molar-refractivity contribution in [3.8, 4) is 0 Å². The first-order valence-electron chi connectivity index (χ1n) is 7.95. The van der Waals surface area contributed by atoms with Crippen molar-refractivity contribution in [2.24, 2.45) is 0 Å². The second-order valence-corrected chi connectivity index (χ2v) is 5.63. The van der Waals surface area contributed by atoms with E-state index in [1.165, 1.54) is 0 Å². The predicted octanol–water partition coefficient (Wildman–Crippen LogP) is 1.29. The molecule has 1 aliphatic heterocycles. The number of H-pyrrole nitrogens is 1. The van der Waals surface area contributed by atoms with E-state index in [-0.39, 0.29) is 12.0 Å². The molecule has 3 heterocycles. The molecule has 0 radical (unpaired) electrons. The fourth-order valence-electron chi connectivity index (χ4n) is 2.62. The summed E-state index contributed by atoms with van der Waals surface area (Å²) in [6.07, 6.45) is 5.40. The number of aromatic nitrogens is 4. The molecule has 0 unspecified atom stereocenters. The third-order valence-electron chi connectivity index (χ3n) is 3.82. The van der Waals surface area contributed by atoms with E-state index >= 15 is 0 Å². The van der Waals surface area contributed by atoms with Crippen molar-refractivity contribution in [2.75, 3.05) is 19.7 Å². The van der Waals surface area contributed by atoms with Crippen LogP contribution in [0.25, 0.3) is 0 Å². The van der Waals surface area contributed by atoms with Crippen LogP contribution in [0.5, 0.6) is 0 Å². The van der Waals surface area contributed by atoms with Gasteiger partial charge in [-0.1, -0.05) is 13.0 Å². The van der Waals surface area contributed by atoms with Gasteiger partial charge in [0.2, 0.25) is 5.91 Å². The molecule has 0 aliphatic carbocycles. The van der Waals surface area contributed by atoms with E-state index < -0.39 is 0 Å². The molecule has 0 bridgehead atoms. The van der Waals surface area contributed by atoms with Gasteiger partial charge in [-0.2, -0.15) is 5.10 Å². The first-order valence-corrected chi connectivity index (χ1v) is 7.95. The fourth-order valence-corrected chi connectivity index (χ4v) is 2.62. The van der Waals surface area contributed by atoms with Crippen LogP contribution in [-0.4, -0.2) is 50.7 Å². The Morgan fingerprint density at radius 1 is 1.52 bits per heavy atom. The van der Waals surface area contributed by atoms with Crippen LogP contribution in [0.1, 0.15) is 36.7 Å². The summed E-state index contributed by atoms with van der Waals surface area (Å²) in [5.41, 5.74) is 0.920. The lowest BCUT2D eigenvalue weighted by atomic mass is 10.1. The average molecular weight is 315 g/mol. The molecule has 1 fully saturated rings. The zero-order valence-electron chi connectivity index (χ0n) is 13.2. The van der Waals surface area contributed by atoms with Gasteiger partial charge in [-0.05, 0) is 18.1 Å². The molecule has 0 spiro atoms. The Labute approximate surface area is 135 Å². The number of nitrogens with one attached hydrogen (secondary N) is 1. The molecule has 2 aromatic heterocycles. The van der Waals surface area contributed by atoms with Crippen LogP contribution in [0.3, 0.4) is 0 Å². The highest BCUT2D eigenvalue weighted by Crippen LogP contribution is 2.20. The van der Waals surface area contributed by atoms with Gasteiger partial charge in [-0.15, -0.1) is 0 Å². The van der Waals surface area contributed by atoms with Gasteiger partial charge < -0.3 is 9.64 Å². The predicted molar refractivity (Wildman–Crippen MR) is 83.6 cm³/mol. The van der Waals surface area contributed by atoms with Crippen molar-refractivity contribution in [1.82, 2.24) is 25.1 Å². The van der Waals surface area contributed by atoms with E-state index in [0.29, 0.717) is 31.9 Å². The van der Waals surface area contributed by atoms with Gasteiger partial charge in [0.1, 0.15) is 11.9 Å². The van der Waals surface area contributed by atoms with Gasteiger partial charge in [-0.25, -0.2) is 4.98 Å². The summed E-state index contributed by atoms with van der Waals surface area (Å²) in [7, 11) is 0. The van der Waals surface area contributed by atoms with Gasteiger partial charge in [0.15, 0.2) is 5.82 Å². The number of hydrogen-bond acceptors (Lipinski definition) is 5. The van der Waals surface area contributed by atoms with Gasteiger partial charge >= 0.3 is 0 Å². The summed E-state index contributed by atoms with van der Waals surface area (Å²) in [5, 5.41) is 7.16. The Bertz CT molecular complexity index is 643. The van der Waals surface area contributed by atoms with E-state index in [0.717, 1.165) is 24.2 Å². The Balaban J connectivity index is 1.62. The van der Waals surface area contributed by atoms with Crippen molar-refractivity contribution in [3.05, 3.63) is 41.7 Å². The molecule has 3 rings (SSSR count). The van der Waals surface area contributed by atoms with Gasteiger partial charge in [-0.3, -0.25) is 14.9 Å². The monoisotopic (exact) mass is 315 g/mol. The number of nitrogens with zero attached hydrogens (tertiary/aromatic N) is 4. The number of amides is 1. The number of pyridine rings is 1.